The van der Waals surface area contributed by atoms with Gasteiger partial charge in [0.15, 0.2) is 0 Å². The number of aromatic nitrogens is 2. The van der Waals surface area contributed by atoms with Crippen molar-refractivity contribution in [3.05, 3.63) is 146 Å². The van der Waals surface area contributed by atoms with Gasteiger partial charge in [-0.2, -0.15) is 0 Å². The fourth-order valence-electron chi connectivity index (χ4n) is 6.26. The molecular formula is C40H24N2S. The summed E-state index contributed by atoms with van der Waals surface area (Å²) in [4.78, 5) is 10.2. The van der Waals surface area contributed by atoms with Crippen molar-refractivity contribution in [2.75, 3.05) is 0 Å². The van der Waals surface area contributed by atoms with Gasteiger partial charge in [-0.15, -0.1) is 11.3 Å². The highest BCUT2D eigenvalue weighted by Gasteiger charge is 2.11. The maximum atomic E-state index is 5.14. The average Bonchev–Trinajstić information content (AvgIpc) is 3.47. The molecule has 0 saturated carbocycles. The Labute approximate surface area is 252 Å². The lowest BCUT2D eigenvalue weighted by Crippen LogP contribution is -1.91. The number of nitrogens with zero attached hydrogens (tertiary/aromatic N) is 2. The molecule has 0 aliphatic rings. The van der Waals surface area contributed by atoms with Gasteiger partial charge in [-0.25, -0.2) is 9.97 Å². The first-order chi connectivity index (χ1) is 21.3. The molecule has 0 saturated heterocycles. The number of hydrogen-bond donors (Lipinski definition) is 0. The fourth-order valence-corrected chi connectivity index (χ4v) is 7.39. The van der Waals surface area contributed by atoms with Crippen LogP contribution in [0.25, 0.3) is 86.4 Å². The Bertz CT molecular complexity index is 2490. The summed E-state index contributed by atoms with van der Waals surface area (Å²) < 4.78 is 2.68. The van der Waals surface area contributed by atoms with Crippen LogP contribution in [0.1, 0.15) is 0 Å². The van der Waals surface area contributed by atoms with Crippen LogP contribution in [0, 0.1) is 0 Å². The molecule has 0 bridgehead atoms. The van der Waals surface area contributed by atoms with E-state index in [-0.39, 0.29) is 0 Å². The minimum atomic E-state index is 0.929. The van der Waals surface area contributed by atoms with Gasteiger partial charge in [0.05, 0.1) is 22.4 Å². The number of hydrogen-bond acceptors (Lipinski definition) is 3. The quantitative estimate of drug-likeness (QED) is 0.199. The van der Waals surface area contributed by atoms with E-state index in [4.69, 9.17) is 9.97 Å². The maximum absolute atomic E-state index is 5.14. The van der Waals surface area contributed by atoms with E-state index in [9.17, 15) is 0 Å². The zero-order valence-corrected chi connectivity index (χ0v) is 24.0. The Hall–Kier alpha value is -5.38. The lowest BCUT2D eigenvalue weighted by molar-refractivity contribution is 1.36. The Morgan fingerprint density at radius 2 is 0.953 bits per heavy atom. The van der Waals surface area contributed by atoms with Crippen LogP contribution in [0.2, 0.25) is 0 Å². The molecule has 0 amide bonds. The number of thiophene rings is 1. The second-order valence-corrected chi connectivity index (χ2v) is 12.1. The number of pyridine rings is 2. The molecule has 2 nitrogen and oxygen atoms in total. The summed E-state index contributed by atoms with van der Waals surface area (Å²) in [6.45, 7) is 0. The number of benzene rings is 6. The maximum Gasteiger partial charge on any atom is 0.0972 e. The molecule has 0 unspecified atom stereocenters. The summed E-state index contributed by atoms with van der Waals surface area (Å²) in [5.74, 6) is 0. The molecule has 0 spiro atoms. The highest BCUT2D eigenvalue weighted by Crippen LogP contribution is 2.39. The standard InChI is InChI=1S/C40H24N2S/c1-2-6-26(7-3-1)34-21-17-28-14-15-29-18-22-35(42-40(29)39(28)41-34)27-12-10-25(11-13-27)30-16-20-32-31(24-30)19-23-37-38(32)33-8-4-5-9-36(33)43-37/h1-24H. The van der Waals surface area contributed by atoms with E-state index in [1.807, 2.05) is 29.5 Å². The molecule has 3 aromatic heterocycles. The van der Waals surface area contributed by atoms with Gasteiger partial charge < -0.3 is 0 Å². The Kier molecular flexibility index (Phi) is 5.40. The molecule has 0 radical (unpaired) electrons. The van der Waals surface area contributed by atoms with Crippen molar-refractivity contribution in [3.8, 4) is 33.6 Å². The highest BCUT2D eigenvalue weighted by atomic mass is 32.1. The molecule has 0 aliphatic heterocycles. The van der Waals surface area contributed by atoms with E-state index >= 15 is 0 Å². The van der Waals surface area contributed by atoms with Gasteiger partial charge in [0.1, 0.15) is 0 Å². The van der Waals surface area contributed by atoms with Crippen LogP contribution >= 0.6 is 11.3 Å². The summed E-state index contributed by atoms with van der Waals surface area (Å²) >= 11 is 1.87. The summed E-state index contributed by atoms with van der Waals surface area (Å²) in [5.41, 5.74) is 8.38. The molecular weight excluding hydrogens is 541 g/mol. The first kappa shape index (κ1) is 24.2. The van der Waals surface area contributed by atoms with Crippen LogP contribution in [-0.2, 0) is 0 Å². The van der Waals surface area contributed by atoms with Gasteiger partial charge in [0, 0.05) is 42.1 Å². The van der Waals surface area contributed by atoms with E-state index in [1.54, 1.807) is 0 Å². The third-order valence-electron chi connectivity index (χ3n) is 8.46. The van der Waals surface area contributed by atoms with Gasteiger partial charge in [0.25, 0.3) is 0 Å². The number of rotatable bonds is 3. The zero-order chi connectivity index (χ0) is 28.3. The predicted molar refractivity (Wildman–Crippen MR) is 184 cm³/mol. The molecule has 3 heteroatoms. The van der Waals surface area contributed by atoms with Crippen molar-refractivity contribution in [2.45, 2.75) is 0 Å². The lowest BCUT2D eigenvalue weighted by atomic mass is 9.97. The topological polar surface area (TPSA) is 25.8 Å². The van der Waals surface area contributed by atoms with Gasteiger partial charge in [-0.3, -0.25) is 0 Å². The minimum Gasteiger partial charge on any atom is -0.245 e. The minimum absolute atomic E-state index is 0.929. The van der Waals surface area contributed by atoms with Gasteiger partial charge in [-0.05, 0) is 52.2 Å². The van der Waals surface area contributed by atoms with Crippen molar-refractivity contribution in [1.82, 2.24) is 9.97 Å². The van der Waals surface area contributed by atoms with Gasteiger partial charge in [-0.1, -0.05) is 115 Å². The molecule has 200 valence electrons. The Morgan fingerprint density at radius 3 is 1.70 bits per heavy atom. The number of fused-ring (bicyclic) bond motifs is 8. The van der Waals surface area contributed by atoms with E-state index < -0.39 is 0 Å². The molecule has 3 heterocycles. The SMILES string of the molecule is c1ccc(-c2ccc3ccc4ccc(-c5ccc(-c6ccc7c(ccc8sc9ccccc9c87)c6)cc5)nc4c3n2)cc1. The Morgan fingerprint density at radius 1 is 0.372 bits per heavy atom. The molecule has 9 rings (SSSR count). The molecule has 0 fully saturated rings. The first-order valence-corrected chi connectivity index (χ1v) is 15.3. The van der Waals surface area contributed by atoms with Crippen LogP contribution in [0.3, 0.4) is 0 Å². The molecule has 9 aromatic rings. The lowest BCUT2D eigenvalue weighted by Gasteiger charge is -2.09. The molecule has 43 heavy (non-hydrogen) atoms. The third-order valence-corrected chi connectivity index (χ3v) is 9.60. The smallest absolute Gasteiger partial charge is 0.0972 e. The second-order valence-electron chi connectivity index (χ2n) is 11.0. The molecule has 0 atom stereocenters. The summed E-state index contributed by atoms with van der Waals surface area (Å²) in [6.07, 6.45) is 0. The predicted octanol–water partition coefficient (Wildman–Crippen LogP) is 11.3. The molecule has 0 aliphatic carbocycles. The van der Waals surface area contributed by atoms with Crippen molar-refractivity contribution in [3.63, 3.8) is 0 Å². The monoisotopic (exact) mass is 564 g/mol. The van der Waals surface area contributed by atoms with Crippen LogP contribution < -0.4 is 0 Å². The Balaban J connectivity index is 1.10. The van der Waals surface area contributed by atoms with Gasteiger partial charge in [0.2, 0.25) is 0 Å². The summed E-state index contributed by atoms with van der Waals surface area (Å²) in [5, 5.41) is 7.47. The van der Waals surface area contributed by atoms with Crippen LogP contribution in [0.5, 0.6) is 0 Å². The van der Waals surface area contributed by atoms with Crippen LogP contribution in [-0.4, -0.2) is 9.97 Å². The van der Waals surface area contributed by atoms with Crippen LogP contribution in [0.15, 0.2) is 146 Å². The summed E-state index contributed by atoms with van der Waals surface area (Å²) in [7, 11) is 0. The van der Waals surface area contributed by atoms with Crippen LogP contribution in [0.4, 0.5) is 0 Å². The van der Waals surface area contributed by atoms with Crippen molar-refractivity contribution in [1.29, 1.82) is 0 Å². The van der Waals surface area contributed by atoms with Crippen molar-refractivity contribution < 1.29 is 0 Å². The van der Waals surface area contributed by atoms with E-state index in [2.05, 4.69) is 127 Å². The largest absolute Gasteiger partial charge is 0.245 e. The molecule has 6 aromatic carbocycles. The summed E-state index contributed by atoms with van der Waals surface area (Å²) in [6, 6.07) is 51.9. The fraction of sp³-hybridized carbons (Fsp3) is 0. The van der Waals surface area contributed by atoms with Crippen molar-refractivity contribution >= 4 is 64.1 Å². The highest BCUT2D eigenvalue weighted by molar-refractivity contribution is 7.26. The zero-order valence-electron chi connectivity index (χ0n) is 23.2. The van der Waals surface area contributed by atoms with E-state index in [1.165, 1.54) is 42.1 Å². The van der Waals surface area contributed by atoms with Crippen molar-refractivity contribution in [2.24, 2.45) is 0 Å². The van der Waals surface area contributed by atoms with Gasteiger partial charge >= 0.3 is 0 Å². The third kappa shape index (κ3) is 4.01. The van der Waals surface area contributed by atoms with E-state index in [0.29, 0.717) is 0 Å². The normalized spacial score (nSPS) is 11.7. The second kappa shape index (κ2) is 9.59. The average molecular weight is 565 g/mol. The van der Waals surface area contributed by atoms with E-state index in [0.717, 1.165) is 44.3 Å². The first-order valence-electron chi connectivity index (χ1n) is 14.5. The molecule has 0 N–H and O–H groups in total.